The van der Waals surface area contributed by atoms with Gasteiger partial charge in [0.05, 0.1) is 6.54 Å². The van der Waals surface area contributed by atoms with Crippen LogP contribution in [-0.4, -0.2) is 19.0 Å². The molecule has 0 aromatic rings. The minimum atomic E-state index is -2.48. The lowest BCUT2D eigenvalue weighted by molar-refractivity contribution is -0.111. The van der Waals surface area contributed by atoms with Gasteiger partial charge in [-0.25, -0.2) is 8.78 Å². The van der Waals surface area contributed by atoms with E-state index in [1.807, 2.05) is 0 Å². The molecule has 0 bridgehead atoms. The summed E-state index contributed by atoms with van der Waals surface area (Å²) < 4.78 is 27.3. The molecule has 0 amide bonds. The Kier molecular flexibility index (Phi) is 2.15. The van der Waals surface area contributed by atoms with Crippen molar-refractivity contribution in [2.24, 2.45) is 10.8 Å². The molecule has 0 aromatic carbocycles. The third-order valence-corrected chi connectivity index (χ3v) is 4.15. The normalized spacial score (nSPS) is 33.4. The first kappa shape index (κ1) is 10.3. The van der Waals surface area contributed by atoms with Crippen LogP contribution in [0.3, 0.4) is 0 Å². The zero-order valence-corrected chi connectivity index (χ0v) is 9.00. The van der Waals surface area contributed by atoms with Crippen molar-refractivity contribution in [3.8, 4) is 0 Å². The number of halogens is 2. The highest BCUT2D eigenvalue weighted by atomic mass is 19.3. The summed E-state index contributed by atoms with van der Waals surface area (Å²) >= 11 is 0. The van der Waals surface area contributed by atoms with E-state index >= 15 is 0 Å². The molecule has 3 heteroatoms. The second kappa shape index (κ2) is 2.91. The van der Waals surface area contributed by atoms with Crippen LogP contribution in [0, 0.1) is 10.8 Å². The zero-order chi connectivity index (χ0) is 10.4. The van der Waals surface area contributed by atoms with Gasteiger partial charge in [0.2, 0.25) is 0 Å². The number of hydrogen-bond acceptors (Lipinski definition) is 1. The quantitative estimate of drug-likeness (QED) is 0.638. The fourth-order valence-corrected chi connectivity index (χ4v) is 2.72. The molecule has 2 rings (SSSR count). The smallest absolute Gasteiger partial charge is 0.267 e. The molecule has 1 nitrogen and oxygen atoms in total. The predicted molar refractivity (Wildman–Crippen MR) is 52.5 cm³/mol. The Balaban J connectivity index is 2.13. The van der Waals surface area contributed by atoms with Crippen LogP contribution in [0.25, 0.3) is 0 Å². The summed E-state index contributed by atoms with van der Waals surface area (Å²) in [4.78, 5) is 0. The molecule has 1 aliphatic heterocycles. The van der Waals surface area contributed by atoms with Gasteiger partial charge >= 0.3 is 0 Å². The lowest BCUT2D eigenvalue weighted by Crippen LogP contribution is -2.44. The van der Waals surface area contributed by atoms with E-state index in [0.717, 1.165) is 12.8 Å². The minimum absolute atomic E-state index is 0.118. The standard InChI is InChI=1S/C11H19F2N/c1-9(2)3-5-10(6-4-9)7-14-8-11(10,12)13/h14H,3-8H2,1-2H3. The van der Waals surface area contributed by atoms with E-state index < -0.39 is 11.3 Å². The van der Waals surface area contributed by atoms with E-state index in [0.29, 0.717) is 19.4 Å². The molecule has 82 valence electrons. The highest BCUT2D eigenvalue weighted by molar-refractivity contribution is 5.04. The first-order chi connectivity index (χ1) is 6.37. The molecule has 0 aromatic heterocycles. The summed E-state index contributed by atoms with van der Waals surface area (Å²) in [6.07, 6.45) is 3.23. The fraction of sp³-hybridized carbons (Fsp3) is 1.00. The van der Waals surface area contributed by atoms with Crippen molar-refractivity contribution in [3.05, 3.63) is 0 Å². The molecular formula is C11H19F2N. The Morgan fingerprint density at radius 2 is 1.50 bits per heavy atom. The second-order valence-corrected chi connectivity index (χ2v) is 5.75. The molecular weight excluding hydrogens is 184 g/mol. The Hall–Kier alpha value is -0.180. The van der Waals surface area contributed by atoms with Crippen molar-refractivity contribution in [1.29, 1.82) is 0 Å². The van der Waals surface area contributed by atoms with Gasteiger partial charge in [-0.1, -0.05) is 13.8 Å². The topological polar surface area (TPSA) is 12.0 Å². The molecule has 1 heterocycles. The van der Waals surface area contributed by atoms with Gasteiger partial charge in [0.25, 0.3) is 5.92 Å². The van der Waals surface area contributed by atoms with Crippen molar-refractivity contribution in [1.82, 2.24) is 5.32 Å². The van der Waals surface area contributed by atoms with E-state index in [2.05, 4.69) is 19.2 Å². The Labute approximate surface area is 84.3 Å². The van der Waals surface area contributed by atoms with Gasteiger partial charge < -0.3 is 5.32 Å². The first-order valence-corrected chi connectivity index (χ1v) is 5.46. The summed E-state index contributed by atoms with van der Waals surface area (Å²) in [6.45, 7) is 4.75. The van der Waals surface area contributed by atoms with E-state index in [9.17, 15) is 8.78 Å². The van der Waals surface area contributed by atoms with E-state index in [-0.39, 0.29) is 12.0 Å². The van der Waals surface area contributed by atoms with Crippen molar-refractivity contribution in [2.45, 2.75) is 45.5 Å². The molecule has 2 fully saturated rings. The molecule has 1 aliphatic carbocycles. The van der Waals surface area contributed by atoms with Crippen molar-refractivity contribution >= 4 is 0 Å². The fourth-order valence-electron chi connectivity index (χ4n) is 2.72. The summed E-state index contributed by atoms with van der Waals surface area (Å²) in [6, 6.07) is 0. The van der Waals surface area contributed by atoms with Crippen LogP contribution in [-0.2, 0) is 0 Å². The van der Waals surface area contributed by atoms with Crippen LogP contribution in [0.1, 0.15) is 39.5 Å². The van der Waals surface area contributed by atoms with Crippen LogP contribution >= 0.6 is 0 Å². The van der Waals surface area contributed by atoms with Crippen molar-refractivity contribution in [3.63, 3.8) is 0 Å². The van der Waals surface area contributed by atoms with Crippen LogP contribution in [0.4, 0.5) is 8.78 Å². The number of nitrogens with one attached hydrogen (secondary N) is 1. The maximum atomic E-state index is 13.7. The predicted octanol–water partition coefficient (Wildman–Crippen LogP) is 2.81. The van der Waals surface area contributed by atoms with E-state index in [1.165, 1.54) is 0 Å². The van der Waals surface area contributed by atoms with Crippen LogP contribution in [0.2, 0.25) is 0 Å². The van der Waals surface area contributed by atoms with Gasteiger partial charge in [0, 0.05) is 12.0 Å². The second-order valence-electron chi connectivity index (χ2n) is 5.75. The van der Waals surface area contributed by atoms with Crippen molar-refractivity contribution < 1.29 is 8.78 Å². The Morgan fingerprint density at radius 3 is 1.93 bits per heavy atom. The van der Waals surface area contributed by atoms with Crippen LogP contribution in [0.5, 0.6) is 0 Å². The van der Waals surface area contributed by atoms with Crippen molar-refractivity contribution in [2.75, 3.05) is 13.1 Å². The lowest BCUT2D eigenvalue weighted by Gasteiger charge is -2.43. The molecule has 2 aliphatic rings. The molecule has 14 heavy (non-hydrogen) atoms. The Morgan fingerprint density at radius 1 is 0.929 bits per heavy atom. The van der Waals surface area contributed by atoms with Gasteiger partial charge in [-0.2, -0.15) is 0 Å². The lowest BCUT2D eigenvalue weighted by atomic mass is 9.63. The molecule has 1 spiro atoms. The van der Waals surface area contributed by atoms with Gasteiger partial charge in [0.1, 0.15) is 0 Å². The van der Waals surface area contributed by atoms with Gasteiger partial charge in [-0.05, 0) is 31.1 Å². The molecule has 1 N–H and O–H groups in total. The van der Waals surface area contributed by atoms with E-state index in [4.69, 9.17) is 0 Å². The summed E-state index contributed by atoms with van der Waals surface area (Å²) in [7, 11) is 0. The summed E-state index contributed by atoms with van der Waals surface area (Å²) in [5.74, 6) is -2.48. The van der Waals surface area contributed by atoms with Gasteiger partial charge in [0.15, 0.2) is 0 Å². The summed E-state index contributed by atoms with van der Waals surface area (Å²) in [5, 5.41) is 2.85. The molecule has 1 saturated heterocycles. The molecule has 0 radical (unpaired) electrons. The zero-order valence-electron chi connectivity index (χ0n) is 9.00. The maximum Gasteiger partial charge on any atom is 0.267 e. The van der Waals surface area contributed by atoms with Crippen LogP contribution < -0.4 is 5.32 Å². The third kappa shape index (κ3) is 1.46. The monoisotopic (exact) mass is 203 g/mol. The molecule has 0 atom stereocenters. The van der Waals surface area contributed by atoms with Gasteiger partial charge in [-0.15, -0.1) is 0 Å². The number of rotatable bonds is 0. The SMILES string of the molecule is CC1(C)CCC2(CC1)CNCC2(F)F. The highest BCUT2D eigenvalue weighted by Gasteiger charge is 2.58. The summed E-state index contributed by atoms with van der Waals surface area (Å²) in [5.41, 5.74) is -0.452. The largest absolute Gasteiger partial charge is 0.310 e. The maximum absolute atomic E-state index is 13.7. The highest BCUT2D eigenvalue weighted by Crippen LogP contribution is 2.54. The minimum Gasteiger partial charge on any atom is -0.310 e. The number of alkyl halides is 2. The first-order valence-electron chi connectivity index (χ1n) is 5.46. The van der Waals surface area contributed by atoms with Crippen LogP contribution in [0.15, 0.2) is 0 Å². The average molecular weight is 203 g/mol. The molecule has 1 saturated carbocycles. The van der Waals surface area contributed by atoms with Gasteiger partial charge in [-0.3, -0.25) is 0 Å². The van der Waals surface area contributed by atoms with E-state index in [1.54, 1.807) is 0 Å². The average Bonchev–Trinajstić information content (AvgIpc) is 2.35. The third-order valence-electron chi connectivity index (χ3n) is 4.15. The molecule has 0 unspecified atom stereocenters. The Bertz CT molecular complexity index is 225. The number of hydrogen-bond donors (Lipinski definition) is 1.